The summed E-state index contributed by atoms with van der Waals surface area (Å²) in [6, 6.07) is -0.224. The molecule has 120 valence electrons. The summed E-state index contributed by atoms with van der Waals surface area (Å²) in [5.74, 6) is -0.0716. The molecule has 0 unspecified atom stereocenters. The van der Waals surface area contributed by atoms with Crippen molar-refractivity contribution in [3.63, 3.8) is 0 Å². The van der Waals surface area contributed by atoms with Crippen LogP contribution in [0.15, 0.2) is 0 Å². The van der Waals surface area contributed by atoms with Crippen LogP contribution in [0.25, 0.3) is 0 Å². The number of carboxylic acids is 1. The number of hydrogen-bond acceptors (Lipinski definition) is 3. The van der Waals surface area contributed by atoms with Gasteiger partial charge < -0.3 is 20.1 Å². The molecular formula is C15H26N2O4. The van der Waals surface area contributed by atoms with Crippen molar-refractivity contribution in [1.29, 1.82) is 0 Å². The molecule has 0 saturated heterocycles. The Balaban J connectivity index is 1.65. The monoisotopic (exact) mass is 298 g/mol. The van der Waals surface area contributed by atoms with E-state index >= 15 is 0 Å². The number of carbonyl (C=O) groups is 2. The van der Waals surface area contributed by atoms with Gasteiger partial charge in [0, 0.05) is 26.7 Å². The largest absolute Gasteiger partial charge is 0.481 e. The number of nitrogens with one attached hydrogen (secondary N) is 1. The second-order valence-corrected chi connectivity index (χ2v) is 6.39. The SMILES string of the molecule is CN(CCOCC1CC1)C(=O)NCC1(C(=O)O)CCCC1. The molecule has 0 aromatic heterocycles. The zero-order valence-electron chi connectivity index (χ0n) is 12.8. The molecule has 0 atom stereocenters. The molecule has 2 saturated carbocycles. The molecule has 6 heteroatoms. The number of rotatable bonds is 8. The van der Waals surface area contributed by atoms with Gasteiger partial charge in [0.15, 0.2) is 0 Å². The van der Waals surface area contributed by atoms with E-state index in [1.807, 2.05) is 0 Å². The summed E-state index contributed by atoms with van der Waals surface area (Å²) in [6.45, 7) is 2.06. The van der Waals surface area contributed by atoms with Gasteiger partial charge in [-0.15, -0.1) is 0 Å². The van der Waals surface area contributed by atoms with Gasteiger partial charge in [-0.1, -0.05) is 12.8 Å². The molecule has 0 aromatic carbocycles. The minimum atomic E-state index is -0.796. The first kappa shape index (κ1) is 16.1. The molecule has 6 nitrogen and oxygen atoms in total. The van der Waals surface area contributed by atoms with Crippen LogP contribution in [0.1, 0.15) is 38.5 Å². The van der Waals surface area contributed by atoms with Crippen LogP contribution in [0.5, 0.6) is 0 Å². The van der Waals surface area contributed by atoms with Crippen molar-refractivity contribution in [2.45, 2.75) is 38.5 Å². The normalized spacial score (nSPS) is 20.2. The van der Waals surface area contributed by atoms with Gasteiger partial charge in [0.05, 0.1) is 12.0 Å². The van der Waals surface area contributed by atoms with Crippen molar-refractivity contribution in [2.75, 3.05) is 33.4 Å². The zero-order valence-corrected chi connectivity index (χ0v) is 12.8. The average molecular weight is 298 g/mol. The number of carboxylic acid groups (broad SMARTS) is 1. The van der Waals surface area contributed by atoms with Crippen molar-refractivity contribution >= 4 is 12.0 Å². The molecule has 2 aliphatic carbocycles. The second-order valence-electron chi connectivity index (χ2n) is 6.39. The van der Waals surface area contributed by atoms with Gasteiger partial charge >= 0.3 is 12.0 Å². The van der Waals surface area contributed by atoms with E-state index in [0.29, 0.717) is 26.0 Å². The van der Waals surface area contributed by atoms with Crippen LogP contribution in [0.2, 0.25) is 0 Å². The molecule has 0 aromatic rings. The number of nitrogens with zero attached hydrogens (tertiary/aromatic N) is 1. The minimum Gasteiger partial charge on any atom is -0.481 e. The number of ether oxygens (including phenoxy) is 1. The van der Waals surface area contributed by atoms with Crippen molar-refractivity contribution in [1.82, 2.24) is 10.2 Å². The highest BCUT2D eigenvalue weighted by Gasteiger charge is 2.41. The number of aliphatic carboxylic acids is 1. The first-order valence-electron chi connectivity index (χ1n) is 7.84. The Kier molecular flexibility index (Phi) is 5.45. The molecule has 2 rings (SSSR count). The summed E-state index contributed by atoms with van der Waals surface area (Å²) in [4.78, 5) is 24.9. The lowest BCUT2D eigenvalue weighted by Gasteiger charge is -2.26. The number of amides is 2. The number of carbonyl (C=O) groups excluding carboxylic acids is 1. The summed E-state index contributed by atoms with van der Waals surface area (Å²) < 4.78 is 5.50. The molecule has 21 heavy (non-hydrogen) atoms. The lowest BCUT2D eigenvalue weighted by atomic mass is 9.86. The Bertz CT molecular complexity index is 376. The molecule has 0 bridgehead atoms. The predicted molar refractivity (Wildman–Crippen MR) is 78.1 cm³/mol. The smallest absolute Gasteiger partial charge is 0.317 e. The van der Waals surface area contributed by atoms with Gasteiger partial charge in [0.25, 0.3) is 0 Å². The van der Waals surface area contributed by atoms with Crippen LogP contribution >= 0.6 is 0 Å². The Morgan fingerprint density at radius 2 is 2.00 bits per heavy atom. The predicted octanol–water partition coefficient (Wildman–Crippen LogP) is 1.70. The maximum Gasteiger partial charge on any atom is 0.317 e. The Morgan fingerprint density at radius 1 is 1.33 bits per heavy atom. The van der Waals surface area contributed by atoms with E-state index in [1.165, 1.54) is 12.8 Å². The van der Waals surface area contributed by atoms with Gasteiger partial charge in [-0.2, -0.15) is 0 Å². The molecular weight excluding hydrogens is 272 g/mol. The fourth-order valence-corrected chi connectivity index (χ4v) is 2.74. The zero-order chi connectivity index (χ0) is 15.3. The highest BCUT2D eigenvalue weighted by atomic mass is 16.5. The van der Waals surface area contributed by atoms with Crippen LogP contribution in [0.4, 0.5) is 4.79 Å². The molecule has 0 radical (unpaired) electrons. The summed E-state index contributed by atoms with van der Waals surface area (Å²) in [7, 11) is 1.71. The maximum atomic E-state index is 12.0. The maximum absolute atomic E-state index is 12.0. The first-order chi connectivity index (χ1) is 10.0. The van der Waals surface area contributed by atoms with Crippen LogP contribution in [0, 0.1) is 11.3 Å². The highest BCUT2D eigenvalue weighted by Crippen LogP contribution is 2.37. The van der Waals surface area contributed by atoms with E-state index in [1.54, 1.807) is 11.9 Å². The molecule has 0 aliphatic heterocycles. The Morgan fingerprint density at radius 3 is 2.57 bits per heavy atom. The van der Waals surface area contributed by atoms with Gasteiger partial charge in [-0.05, 0) is 31.6 Å². The van der Waals surface area contributed by atoms with E-state index in [2.05, 4.69) is 5.32 Å². The van der Waals surface area contributed by atoms with Gasteiger partial charge in [0.1, 0.15) is 0 Å². The van der Waals surface area contributed by atoms with Gasteiger partial charge in [-0.3, -0.25) is 4.79 Å². The van der Waals surface area contributed by atoms with Crippen LogP contribution in [-0.2, 0) is 9.53 Å². The Hall–Kier alpha value is -1.30. The van der Waals surface area contributed by atoms with E-state index in [0.717, 1.165) is 25.4 Å². The molecule has 2 fully saturated rings. The van der Waals surface area contributed by atoms with Crippen molar-refractivity contribution < 1.29 is 19.4 Å². The van der Waals surface area contributed by atoms with Crippen molar-refractivity contribution in [3.05, 3.63) is 0 Å². The number of hydrogen-bond donors (Lipinski definition) is 2. The standard InChI is InChI=1S/C15H26N2O4/c1-17(8-9-21-10-12-4-5-12)14(20)16-11-15(13(18)19)6-2-3-7-15/h12H,2-11H2,1H3,(H,16,20)(H,18,19). The van der Waals surface area contributed by atoms with Gasteiger partial charge in [-0.25, -0.2) is 4.79 Å². The number of likely N-dealkylation sites (N-methyl/N-ethyl adjacent to an activating group) is 1. The quantitative estimate of drug-likeness (QED) is 0.669. The lowest BCUT2D eigenvalue weighted by molar-refractivity contribution is -0.148. The van der Waals surface area contributed by atoms with Crippen LogP contribution in [0.3, 0.4) is 0 Å². The summed E-state index contributed by atoms with van der Waals surface area (Å²) in [5.41, 5.74) is -0.765. The van der Waals surface area contributed by atoms with Crippen molar-refractivity contribution in [2.24, 2.45) is 11.3 Å². The topological polar surface area (TPSA) is 78.9 Å². The third kappa shape index (κ3) is 4.59. The fourth-order valence-electron chi connectivity index (χ4n) is 2.74. The van der Waals surface area contributed by atoms with Gasteiger partial charge in [0.2, 0.25) is 0 Å². The number of urea groups is 1. The first-order valence-corrected chi connectivity index (χ1v) is 7.84. The molecule has 2 N–H and O–H groups in total. The molecule has 0 heterocycles. The van der Waals surface area contributed by atoms with E-state index in [9.17, 15) is 14.7 Å². The highest BCUT2D eigenvalue weighted by molar-refractivity contribution is 5.78. The van der Waals surface area contributed by atoms with E-state index < -0.39 is 11.4 Å². The Labute approximate surface area is 125 Å². The molecule has 2 aliphatic rings. The van der Waals surface area contributed by atoms with Crippen LogP contribution < -0.4 is 5.32 Å². The molecule has 2 amide bonds. The summed E-state index contributed by atoms with van der Waals surface area (Å²) >= 11 is 0. The molecule has 0 spiro atoms. The third-order valence-corrected chi connectivity index (χ3v) is 4.56. The van der Waals surface area contributed by atoms with E-state index in [-0.39, 0.29) is 12.6 Å². The summed E-state index contributed by atoms with van der Waals surface area (Å²) in [5, 5.41) is 12.1. The third-order valence-electron chi connectivity index (χ3n) is 4.56. The minimum absolute atomic E-state index is 0.217. The fraction of sp³-hybridized carbons (Fsp3) is 0.867. The van der Waals surface area contributed by atoms with Crippen molar-refractivity contribution in [3.8, 4) is 0 Å². The lowest BCUT2D eigenvalue weighted by Crippen LogP contribution is -2.46. The van der Waals surface area contributed by atoms with Crippen LogP contribution in [-0.4, -0.2) is 55.4 Å². The second kappa shape index (κ2) is 7.11. The van der Waals surface area contributed by atoms with E-state index in [4.69, 9.17) is 4.74 Å². The average Bonchev–Trinajstić information content (AvgIpc) is 3.16. The summed E-state index contributed by atoms with van der Waals surface area (Å²) in [6.07, 6.45) is 5.66.